The molecule has 0 bridgehead atoms. The van der Waals surface area contributed by atoms with Crippen molar-refractivity contribution in [3.05, 3.63) is 42.2 Å². The lowest BCUT2D eigenvalue weighted by molar-refractivity contribution is -0.109. The molecule has 0 saturated heterocycles. The Labute approximate surface area is 80.7 Å². The molecule has 0 fully saturated rings. The molecule has 0 saturated carbocycles. The van der Waals surface area contributed by atoms with Gasteiger partial charge in [-0.2, -0.15) is 0 Å². The summed E-state index contributed by atoms with van der Waals surface area (Å²) < 4.78 is 12.7. The average molecular weight is 196 g/mol. The lowest BCUT2D eigenvalue weighted by atomic mass is 10.4. The second kappa shape index (κ2) is 4.82. The molecule has 0 atom stereocenters. The summed E-state index contributed by atoms with van der Waals surface area (Å²) in [5.41, 5.74) is 0. The van der Waals surface area contributed by atoms with Crippen molar-refractivity contribution in [3.63, 3.8) is 0 Å². The molecule has 0 N–H and O–H groups in total. The monoisotopic (exact) mass is 196 g/mol. The molecule has 0 aliphatic heterocycles. The standard InChI is InChI=1S/C10H9FOS/c1-2-9(11)10(12)13-8-6-4-3-5-7-8/h2-7H,1H3/b9-2-. The molecule has 68 valence electrons. The van der Waals surface area contributed by atoms with E-state index in [4.69, 9.17) is 0 Å². The van der Waals surface area contributed by atoms with Crippen molar-refractivity contribution in [2.75, 3.05) is 0 Å². The van der Waals surface area contributed by atoms with Crippen LogP contribution in [0.2, 0.25) is 0 Å². The molecule has 1 rings (SSSR count). The van der Waals surface area contributed by atoms with Gasteiger partial charge >= 0.3 is 0 Å². The van der Waals surface area contributed by atoms with Crippen molar-refractivity contribution in [3.8, 4) is 0 Å². The van der Waals surface area contributed by atoms with Gasteiger partial charge in [-0.25, -0.2) is 4.39 Å². The van der Waals surface area contributed by atoms with Crippen LogP contribution in [0.15, 0.2) is 47.1 Å². The fourth-order valence-electron chi connectivity index (χ4n) is 0.762. The molecule has 0 spiro atoms. The minimum atomic E-state index is -0.700. The molecule has 0 heterocycles. The van der Waals surface area contributed by atoms with Crippen LogP contribution in [0.1, 0.15) is 6.92 Å². The quantitative estimate of drug-likeness (QED) is 0.533. The normalized spacial score (nSPS) is 11.4. The van der Waals surface area contributed by atoms with Gasteiger partial charge in [0.2, 0.25) is 0 Å². The van der Waals surface area contributed by atoms with Crippen LogP contribution in [0.4, 0.5) is 4.39 Å². The Hall–Kier alpha value is -1.09. The highest BCUT2D eigenvalue weighted by Gasteiger charge is 2.08. The maximum absolute atomic E-state index is 12.7. The van der Waals surface area contributed by atoms with Crippen LogP contribution in [-0.2, 0) is 4.79 Å². The third-order valence-corrected chi connectivity index (χ3v) is 2.29. The Kier molecular flexibility index (Phi) is 3.71. The zero-order chi connectivity index (χ0) is 9.68. The summed E-state index contributed by atoms with van der Waals surface area (Å²) in [6.07, 6.45) is 1.16. The predicted octanol–water partition coefficient (Wildman–Crippen LogP) is 3.18. The highest BCUT2D eigenvalue weighted by atomic mass is 32.2. The second-order valence-electron chi connectivity index (χ2n) is 2.34. The zero-order valence-electron chi connectivity index (χ0n) is 7.16. The summed E-state index contributed by atoms with van der Waals surface area (Å²) in [7, 11) is 0. The Morgan fingerprint density at radius 1 is 1.38 bits per heavy atom. The summed E-state index contributed by atoms with van der Waals surface area (Å²) in [5.74, 6) is -0.700. The number of halogens is 1. The largest absolute Gasteiger partial charge is 0.279 e. The predicted molar refractivity (Wildman–Crippen MR) is 52.2 cm³/mol. The fraction of sp³-hybridized carbons (Fsp3) is 0.100. The van der Waals surface area contributed by atoms with E-state index in [0.717, 1.165) is 22.7 Å². The van der Waals surface area contributed by atoms with E-state index in [9.17, 15) is 9.18 Å². The summed E-state index contributed by atoms with van der Waals surface area (Å²) in [5, 5.41) is -0.547. The van der Waals surface area contributed by atoms with Gasteiger partial charge in [-0.3, -0.25) is 4.79 Å². The number of hydrogen-bond donors (Lipinski definition) is 0. The van der Waals surface area contributed by atoms with Crippen LogP contribution in [0, 0.1) is 0 Å². The van der Waals surface area contributed by atoms with Crippen LogP contribution in [0.5, 0.6) is 0 Å². The molecule has 0 aliphatic rings. The van der Waals surface area contributed by atoms with Crippen molar-refractivity contribution in [2.24, 2.45) is 0 Å². The summed E-state index contributed by atoms with van der Waals surface area (Å²) in [4.78, 5) is 11.8. The molecule has 0 unspecified atom stereocenters. The Bertz CT molecular complexity index is 319. The van der Waals surface area contributed by atoms with Gasteiger partial charge in [0.05, 0.1) is 0 Å². The summed E-state index contributed by atoms with van der Waals surface area (Å²) in [6, 6.07) is 9.00. The van der Waals surface area contributed by atoms with Crippen LogP contribution in [0.3, 0.4) is 0 Å². The summed E-state index contributed by atoms with van der Waals surface area (Å²) in [6.45, 7) is 1.50. The Morgan fingerprint density at radius 3 is 2.54 bits per heavy atom. The molecule has 0 aliphatic carbocycles. The number of benzene rings is 1. The number of hydrogen-bond acceptors (Lipinski definition) is 2. The average Bonchev–Trinajstić information content (AvgIpc) is 2.18. The Morgan fingerprint density at radius 2 is 2.00 bits per heavy atom. The molecule has 0 aromatic heterocycles. The van der Waals surface area contributed by atoms with Crippen LogP contribution in [-0.4, -0.2) is 5.12 Å². The zero-order valence-corrected chi connectivity index (χ0v) is 7.98. The SMILES string of the molecule is C/C=C(\F)C(=O)Sc1ccccc1. The fourth-order valence-corrected chi connectivity index (χ4v) is 1.48. The molecule has 1 aromatic carbocycles. The van der Waals surface area contributed by atoms with E-state index < -0.39 is 10.9 Å². The first-order valence-corrected chi connectivity index (χ1v) is 4.64. The highest BCUT2D eigenvalue weighted by Crippen LogP contribution is 2.21. The van der Waals surface area contributed by atoms with E-state index in [0.29, 0.717) is 0 Å². The smallest absolute Gasteiger partial charge is 0.252 e. The minimum absolute atomic E-state index is 0.547. The molecule has 13 heavy (non-hydrogen) atoms. The number of carbonyl (C=O) groups is 1. The van der Waals surface area contributed by atoms with Crippen LogP contribution < -0.4 is 0 Å². The third-order valence-electron chi connectivity index (χ3n) is 1.40. The van der Waals surface area contributed by atoms with E-state index in [1.165, 1.54) is 6.92 Å². The highest BCUT2D eigenvalue weighted by molar-refractivity contribution is 8.14. The van der Waals surface area contributed by atoms with Crippen molar-refractivity contribution in [1.82, 2.24) is 0 Å². The molecule has 0 amide bonds. The van der Waals surface area contributed by atoms with Crippen molar-refractivity contribution >= 4 is 16.9 Å². The van der Waals surface area contributed by atoms with Gasteiger partial charge in [0.25, 0.3) is 5.12 Å². The van der Waals surface area contributed by atoms with Gasteiger partial charge in [-0.05, 0) is 36.9 Å². The summed E-state index contributed by atoms with van der Waals surface area (Å²) >= 11 is 0.894. The first-order valence-electron chi connectivity index (χ1n) is 3.83. The van der Waals surface area contributed by atoms with Crippen LogP contribution >= 0.6 is 11.8 Å². The molecule has 0 radical (unpaired) electrons. The van der Waals surface area contributed by atoms with Crippen molar-refractivity contribution in [2.45, 2.75) is 11.8 Å². The Balaban J connectivity index is 2.66. The maximum Gasteiger partial charge on any atom is 0.252 e. The number of thioether (sulfide) groups is 1. The molecule has 3 heteroatoms. The topological polar surface area (TPSA) is 17.1 Å². The first-order chi connectivity index (χ1) is 6.24. The molecule has 1 nitrogen and oxygen atoms in total. The van der Waals surface area contributed by atoms with Gasteiger partial charge in [0.15, 0.2) is 5.83 Å². The molecular weight excluding hydrogens is 187 g/mol. The van der Waals surface area contributed by atoms with Gasteiger partial charge < -0.3 is 0 Å². The van der Waals surface area contributed by atoms with Gasteiger partial charge in [0, 0.05) is 4.90 Å². The lowest BCUT2D eigenvalue weighted by Crippen LogP contribution is -1.90. The van der Waals surface area contributed by atoms with Gasteiger partial charge in [0.1, 0.15) is 0 Å². The van der Waals surface area contributed by atoms with Gasteiger partial charge in [-0.1, -0.05) is 18.2 Å². The lowest BCUT2D eigenvalue weighted by Gasteiger charge is -1.96. The van der Waals surface area contributed by atoms with E-state index in [1.54, 1.807) is 12.1 Å². The molecular formula is C10H9FOS. The van der Waals surface area contributed by atoms with E-state index in [2.05, 4.69) is 0 Å². The van der Waals surface area contributed by atoms with E-state index in [-0.39, 0.29) is 0 Å². The number of carbonyl (C=O) groups excluding carboxylic acids is 1. The number of rotatable bonds is 2. The van der Waals surface area contributed by atoms with Crippen LogP contribution in [0.25, 0.3) is 0 Å². The van der Waals surface area contributed by atoms with Gasteiger partial charge in [-0.15, -0.1) is 0 Å². The second-order valence-corrected chi connectivity index (χ2v) is 3.39. The van der Waals surface area contributed by atoms with E-state index in [1.807, 2.05) is 18.2 Å². The minimum Gasteiger partial charge on any atom is -0.279 e. The number of allylic oxidation sites excluding steroid dienone is 1. The van der Waals surface area contributed by atoms with E-state index >= 15 is 0 Å². The maximum atomic E-state index is 12.7. The first kappa shape index (κ1) is 9.99. The van der Waals surface area contributed by atoms with Crippen molar-refractivity contribution < 1.29 is 9.18 Å². The third kappa shape index (κ3) is 3.03. The molecule has 1 aromatic rings. The van der Waals surface area contributed by atoms with Crippen molar-refractivity contribution in [1.29, 1.82) is 0 Å².